The molecule has 0 saturated heterocycles. The van der Waals surface area contributed by atoms with E-state index < -0.39 is 0 Å². The third kappa shape index (κ3) is 5.75. The van der Waals surface area contributed by atoms with Crippen LogP contribution in [-0.4, -0.2) is 36.5 Å². The highest BCUT2D eigenvalue weighted by Crippen LogP contribution is 2.30. The summed E-state index contributed by atoms with van der Waals surface area (Å²) in [5, 5.41) is 10.9. The fourth-order valence-electron chi connectivity index (χ4n) is 2.94. The minimum atomic E-state index is 0.571. The Labute approximate surface area is 171 Å². The van der Waals surface area contributed by atoms with E-state index >= 15 is 0 Å². The molecular weight excluding hydrogens is 366 g/mol. The number of aliphatic imine (C=N–C) groups is 1. The number of rotatable bonds is 8. The predicted octanol–water partition coefficient (Wildman–Crippen LogP) is 3.53. The van der Waals surface area contributed by atoms with Crippen LogP contribution in [0.25, 0.3) is 0 Å². The number of ether oxygens (including phenoxy) is 2. The van der Waals surface area contributed by atoms with Gasteiger partial charge < -0.3 is 20.1 Å². The molecule has 0 fully saturated rings. The lowest BCUT2D eigenvalue weighted by Gasteiger charge is -2.15. The van der Waals surface area contributed by atoms with Gasteiger partial charge in [0.1, 0.15) is 0 Å². The maximum atomic E-state index is 5.64. The molecule has 0 aliphatic rings. The standard InChI is InChI=1S/C22H27N5O2/c1-4-29-21-14-19(9-10-20(21)28-3)26-22(23-2)24-15-17-7-5-8-18(13-17)16-27-12-6-11-25-27/h5-14H,4,15-16H2,1-3H3,(H2,23,24,26). The topological polar surface area (TPSA) is 72.7 Å². The van der Waals surface area contributed by atoms with Gasteiger partial charge in [0, 0.05) is 37.7 Å². The van der Waals surface area contributed by atoms with Crippen LogP contribution < -0.4 is 20.1 Å². The number of hydrogen-bond donors (Lipinski definition) is 2. The molecule has 7 nitrogen and oxygen atoms in total. The van der Waals surface area contributed by atoms with E-state index in [1.165, 1.54) is 11.1 Å². The molecule has 2 aromatic carbocycles. The van der Waals surface area contributed by atoms with Gasteiger partial charge in [-0.15, -0.1) is 0 Å². The van der Waals surface area contributed by atoms with Gasteiger partial charge in [-0.3, -0.25) is 9.67 Å². The van der Waals surface area contributed by atoms with E-state index in [0.29, 0.717) is 30.6 Å². The maximum Gasteiger partial charge on any atom is 0.195 e. The summed E-state index contributed by atoms with van der Waals surface area (Å²) < 4.78 is 12.9. The largest absolute Gasteiger partial charge is 0.493 e. The first-order chi connectivity index (χ1) is 14.2. The van der Waals surface area contributed by atoms with Crippen LogP contribution in [0.2, 0.25) is 0 Å². The summed E-state index contributed by atoms with van der Waals surface area (Å²) in [6.07, 6.45) is 3.75. The number of nitrogens with one attached hydrogen (secondary N) is 2. The molecule has 0 unspecified atom stereocenters. The summed E-state index contributed by atoms with van der Waals surface area (Å²) in [5.74, 6) is 2.08. The molecule has 0 saturated carbocycles. The van der Waals surface area contributed by atoms with Crippen LogP contribution in [0.4, 0.5) is 5.69 Å². The lowest BCUT2D eigenvalue weighted by atomic mass is 10.1. The number of methoxy groups -OCH3 is 1. The highest BCUT2D eigenvalue weighted by Gasteiger charge is 2.07. The summed E-state index contributed by atoms with van der Waals surface area (Å²) in [5.41, 5.74) is 3.24. The Morgan fingerprint density at radius 1 is 1.10 bits per heavy atom. The van der Waals surface area contributed by atoms with Crippen molar-refractivity contribution in [2.45, 2.75) is 20.0 Å². The van der Waals surface area contributed by atoms with E-state index in [1.54, 1.807) is 20.4 Å². The summed E-state index contributed by atoms with van der Waals surface area (Å²) in [6, 6.07) is 16.1. The van der Waals surface area contributed by atoms with E-state index in [-0.39, 0.29) is 0 Å². The van der Waals surface area contributed by atoms with Crippen LogP contribution >= 0.6 is 0 Å². The first kappa shape index (κ1) is 20.3. The summed E-state index contributed by atoms with van der Waals surface area (Å²) in [4.78, 5) is 4.31. The second-order valence-electron chi connectivity index (χ2n) is 6.37. The quantitative estimate of drug-likeness (QED) is 0.452. The van der Waals surface area contributed by atoms with Crippen LogP contribution in [0.1, 0.15) is 18.1 Å². The van der Waals surface area contributed by atoms with Crippen LogP contribution in [-0.2, 0) is 13.1 Å². The molecular formula is C22H27N5O2. The molecule has 3 rings (SSSR count). The number of guanidine groups is 1. The van der Waals surface area contributed by atoms with Crippen molar-refractivity contribution in [2.24, 2.45) is 4.99 Å². The monoisotopic (exact) mass is 393 g/mol. The molecule has 0 spiro atoms. The van der Waals surface area contributed by atoms with Gasteiger partial charge in [-0.25, -0.2) is 0 Å². The number of nitrogens with zero attached hydrogens (tertiary/aromatic N) is 3. The number of hydrogen-bond acceptors (Lipinski definition) is 4. The summed E-state index contributed by atoms with van der Waals surface area (Å²) in [6.45, 7) is 3.92. The highest BCUT2D eigenvalue weighted by molar-refractivity contribution is 5.93. The Morgan fingerprint density at radius 3 is 2.69 bits per heavy atom. The average molecular weight is 393 g/mol. The molecule has 0 aliphatic heterocycles. The van der Waals surface area contributed by atoms with Crippen molar-refractivity contribution in [1.29, 1.82) is 0 Å². The molecule has 0 atom stereocenters. The molecule has 3 aromatic rings. The molecule has 1 heterocycles. The van der Waals surface area contributed by atoms with Crippen molar-refractivity contribution >= 4 is 11.6 Å². The predicted molar refractivity (Wildman–Crippen MR) is 116 cm³/mol. The van der Waals surface area contributed by atoms with Gasteiger partial charge >= 0.3 is 0 Å². The average Bonchev–Trinajstić information content (AvgIpc) is 3.25. The summed E-state index contributed by atoms with van der Waals surface area (Å²) >= 11 is 0. The fraction of sp³-hybridized carbons (Fsp3) is 0.273. The zero-order valence-electron chi connectivity index (χ0n) is 17.1. The van der Waals surface area contributed by atoms with Crippen molar-refractivity contribution in [2.75, 3.05) is 26.1 Å². The van der Waals surface area contributed by atoms with E-state index in [4.69, 9.17) is 9.47 Å². The Kier molecular flexibility index (Phi) is 7.10. The number of aromatic nitrogens is 2. The normalized spacial score (nSPS) is 11.2. The van der Waals surface area contributed by atoms with Gasteiger partial charge in [0.25, 0.3) is 0 Å². The molecule has 29 heavy (non-hydrogen) atoms. The van der Waals surface area contributed by atoms with Crippen LogP contribution in [0.15, 0.2) is 65.9 Å². The Morgan fingerprint density at radius 2 is 1.97 bits per heavy atom. The van der Waals surface area contributed by atoms with Gasteiger partial charge in [0.2, 0.25) is 0 Å². The maximum absolute atomic E-state index is 5.64. The van der Waals surface area contributed by atoms with Crippen molar-refractivity contribution in [3.8, 4) is 11.5 Å². The van der Waals surface area contributed by atoms with Gasteiger partial charge in [-0.1, -0.05) is 24.3 Å². The first-order valence-electron chi connectivity index (χ1n) is 9.55. The van der Waals surface area contributed by atoms with Crippen molar-refractivity contribution in [3.63, 3.8) is 0 Å². The van der Waals surface area contributed by atoms with Gasteiger partial charge in [0.05, 0.1) is 20.3 Å². The zero-order chi connectivity index (χ0) is 20.5. The van der Waals surface area contributed by atoms with Crippen molar-refractivity contribution in [3.05, 3.63) is 72.1 Å². The first-order valence-corrected chi connectivity index (χ1v) is 9.55. The van der Waals surface area contributed by atoms with Gasteiger partial charge in [0.15, 0.2) is 17.5 Å². The lowest BCUT2D eigenvalue weighted by Crippen LogP contribution is -2.30. The number of benzene rings is 2. The van der Waals surface area contributed by atoms with Crippen LogP contribution in [0, 0.1) is 0 Å². The van der Waals surface area contributed by atoms with Gasteiger partial charge in [-0.05, 0) is 36.2 Å². The van der Waals surface area contributed by atoms with Crippen LogP contribution in [0.3, 0.4) is 0 Å². The Bertz CT molecular complexity index is 938. The summed E-state index contributed by atoms with van der Waals surface area (Å²) in [7, 11) is 3.38. The molecule has 2 N–H and O–H groups in total. The molecule has 152 valence electrons. The smallest absolute Gasteiger partial charge is 0.195 e. The van der Waals surface area contributed by atoms with E-state index in [9.17, 15) is 0 Å². The number of anilines is 1. The highest BCUT2D eigenvalue weighted by atomic mass is 16.5. The molecule has 0 bridgehead atoms. The fourth-order valence-corrected chi connectivity index (χ4v) is 2.94. The second kappa shape index (κ2) is 10.2. The van der Waals surface area contributed by atoms with Gasteiger partial charge in [-0.2, -0.15) is 5.10 Å². The molecule has 7 heteroatoms. The minimum Gasteiger partial charge on any atom is -0.493 e. The Balaban J connectivity index is 1.61. The third-order valence-corrected chi connectivity index (χ3v) is 4.30. The minimum absolute atomic E-state index is 0.571. The molecule has 0 amide bonds. The SMILES string of the molecule is CCOc1cc(NC(=NC)NCc2cccc(Cn3cccn3)c2)ccc1OC. The Hall–Kier alpha value is -3.48. The second-order valence-corrected chi connectivity index (χ2v) is 6.37. The third-order valence-electron chi connectivity index (χ3n) is 4.30. The zero-order valence-corrected chi connectivity index (χ0v) is 17.1. The molecule has 0 aliphatic carbocycles. The lowest BCUT2D eigenvalue weighted by molar-refractivity contribution is 0.311. The molecule has 1 aromatic heterocycles. The van der Waals surface area contributed by atoms with Crippen molar-refractivity contribution < 1.29 is 9.47 Å². The van der Waals surface area contributed by atoms with E-state index in [1.807, 2.05) is 42.1 Å². The van der Waals surface area contributed by atoms with Crippen molar-refractivity contribution in [1.82, 2.24) is 15.1 Å². The van der Waals surface area contributed by atoms with E-state index in [0.717, 1.165) is 12.2 Å². The molecule has 0 radical (unpaired) electrons. The van der Waals surface area contributed by atoms with E-state index in [2.05, 4.69) is 45.0 Å². The van der Waals surface area contributed by atoms with Crippen LogP contribution in [0.5, 0.6) is 11.5 Å².